The molecule has 0 radical (unpaired) electrons. The highest BCUT2D eigenvalue weighted by atomic mass is 15.2. The molecular weight excluding hydrogens is 294 g/mol. The molecule has 4 rings (SSSR count). The van der Waals surface area contributed by atoms with Crippen LogP contribution in [0.4, 0.5) is 0 Å². The van der Waals surface area contributed by atoms with Gasteiger partial charge in [0.1, 0.15) is 0 Å². The zero-order valence-corrected chi connectivity index (χ0v) is 15.2. The topological polar surface area (TPSA) is 21.1 Å². The highest BCUT2D eigenvalue weighted by molar-refractivity contribution is 5.16. The van der Waals surface area contributed by atoms with E-state index in [1.807, 2.05) is 6.33 Å². The zero-order valence-electron chi connectivity index (χ0n) is 15.2. The van der Waals surface area contributed by atoms with Gasteiger partial charge < -0.3 is 4.57 Å². The fourth-order valence-electron chi connectivity index (χ4n) is 5.37. The highest BCUT2D eigenvalue weighted by Gasteiger charge is 2.49. The summed E-state index contributed by atoms with van der Waals surface area (Å²) in [7, 11) is 0. The van der Waals surface area contributed by atoms with E-state index in [1.165, 1.54) is 37.1 Å². The number of fused-ring (bicyclic) bond motifs is 2. The first-order valence-corrected chi connectivity index (χ1v) is 9.20. The van der Waals surface area contributed by atoms with Gasteiger partial charge in [0.15, 0.2) is 0 Å². The van der Waals surface area contributed by atoms with Crippen LogP contribution in [-0.4, -0.2) is 27.0 Å². The Kier molecular flexibility index (Phi) is 3.80. The van der Waals surface area contributed by atoms with Gasteiger partial charge in [0.2, 0.25) is 0 Å². The van der Waals surface area contributed by atoms with Crippen molar-refractivity contribution < 1.29 is 0 Å². The second-order valence-corrected chi connectivity index (χ2v) is 9.12. The fourth-order valence-corrected chi connectivity index (χ4v) is 5.37. The van der Waals surface area contributed by atoms with Gasteiger partial charge in [-0.25, -0.2) is 4.98 Å². The third kappa shape index (κ3) is 3.14. The van der Waals surface area contributed by atoms with E-state index in [9.17, 15) is 0 Å². The zero-order chi connectivity index (χ0) is 16.8. The molecule has 0 spiro atoms. The van der Waals surface area contributed by atoms with Crippen LogP contribution in [0.2, 0.25) is 0 Å². The average Bonchev–Trinajstić information content (AvgIpc) is 3.01. The Bertz CT molecular complexity index is 703. The molecule has 1 aromatic heterocycles. The van der Waals surface area contributed by atoms with Crippen molar-refractivity contribution in [2.24, 2.45) is 10.8 Å². The molecule has 2 aliphatic rings. The second-order valence-electron chi connectivity index (χ2n) is 9.12. The van der Waals surface area contributed by atoms with Crippen molar-refractivity contribution in [2.45, 2.75) is 59.2 Å². The molecule has 0 unspecified atom stereocenters. The first-order valence-electron chi connectivity index (χ1n) is 9.20. The second kappa shape index (κ2) is 5.73. The van der Waals surface area contributed by atoms with E-state index >= 15 is 0 Å². The van der Waals surface area contributed by atoms with Crippen molar-refractivity contribution in [3.63, 3.8) is 0 Å². The normalized spacial score (nSPS) is 29.0. The Morgan fingerprint density at radius 2 is 1.88 bits per heavy atom. The molecule has 3 heteroatoms. The lowest BCUT2D eigenvalue weighted by atomic mass is 9.65. The first kappa shape index (κ1) is 15.9. The van der Waals surface area contributed by atoms with Gasteiger partial charge in [-0.15, -0.1) is 0 Å². The Balaban J connectivity index is 1.50. The summed E-state index contributed by atoms with van der Waals surface area (Å²) < 4.78 is 2.31. The Morgan fingerprint density at radius 1 is 1.08 bits per heavy atom. The summed E-state index contributed by atoms with van der Waals surface area (Å²) in [5, 5.41) is 0. The first-order chi connectivity index (χ1) is 11.4. The summed E-state index contributed by atoms with van der Waals surface area (Å²) in [5.74, 6) is 0. The van der Waals surface area contributed by atoms with Crippen LogP contribution in [0.15, 0.2) is 42.9 Å². The lowest BCUT2D eigenvalue weighted by Crippen LogP contribution is -2.34. The molecular formula is C21H29N3. The maximum atomic E-state index is 4.43. The van der Waals surface area contributed by atoms with Gasteiger partial charge in [0, 0.05) is 31.9 Å². The van der Waals surface area contributed by atoms with Gasteiger partial charge in [0.25, 0.3) is 0 Å². The van der Waals surface area contributed by atoms with Gasteiger partial charge >= 0.3 is 0 Å². The molecule has 3 nitrogen and oxygen atoms in total. The van der Waals surface area contributed by atoms with Crippen LogP contribution in [0.25, 0.3) is 0 Å². The lowest BCUT2D eigenvalue weighted by molar-refractivity contribution is 0.126. The summed E-state index contributed by atoms with van der Waals surface area (Å²) in [6, 6.07) is 11.4. The molecule has 1 aliphatic carbocycles. The molecule has 1 aromatic carbocycles. The van der Waals surface area contributed by atoms with Crippen LogP contribution < -0.4 is 0 Å². The molecule has 1 saturated heterocycles. The number of hydrogen-bond donors (Lipinski definition) is 0. The molecule has 1 saturated carbocycles. The number of imidazole rings is 1. The lowest BCUT2D eigenvalue weighted by Gasteiger charge is -2.39. The maximum Gasteiger partial charge on any atom is 0.0951 e. The molecule has 2 heterocycles. The molecule has 128 valence electrons. The van der Waals surface area contributed by atoms with E-state index in [4.69, 9.17) is 0 Å². The minimum absolute atomic E-state index is 0.483. The number of aromatic nitrogens is 2. The Morgan fingerprint density at radius 3 is 2.67 bits per heavy atom. The number of likely N-dealkylation sites (tertiary alicyclic amines) is 1. The monoisotopic (exact) mass is 323 g/mol. The number of nitrogens with zero attached hydrogens (tertiary/aromatic N) is 3. The van der Waals surface area contributed by atoms with Gasteiger partial charge in [-0.1, -0.05) is 51.1 Å². The molecule has 1 aliphatic heterocycles. The SMILES string of the molecule is CC1(C)C[C@@H]2C[C@@](C)(CN2Cc2cncn2Cc2ccccc2)C1. The predicted molar refractivity (Wildman–Crippen MR) is 97.7 cm³/mol. The van der Waals surface area contributed by atoms with Crippen molar-refractivity contribution in [3.8, 4) is 0 Å². The minimum Gasteiger partial charge on any atom is -0.329 e. The smallest absolute Gasteiger partial charge is 0.0951 e. The summed E-state index contributed by atoms with van der Waals surface area (Å²) in [6.45, 7) is 10.6. The summed E-state index contributed by atoms with van der Waals surface area (Å²) >= 11 is 0. The number of hydrogen-bond acceptors (Lipinski definition) is 2. The standard InChI is InChI=1S/C21H29N3/c1-20(2)9-18-10-21(3,14-20)15-23(18)13-19-11-22-16-24(19)12-17-7-5-4-6-8-17/h4-8,11,16,18H,9-10,12-15H2,1-3H3/t18-,21-/m1/s1. The molecule has 2 fully saturated rings. The van der Waals surface area contributed by atoms with Crippen molar-refractivity contribution in [3.05, 3.63) is 54.1 Å². The van der Waals surface area contributed by atoms with Crippen molar-refractivity contribution in [1.82, 2.24) is 14.5 Å². The molecule has 2 aromatic rings. The Hall–Kier alpha value is -1.61. The highest BCUT2D eigenvalue weighted by Crippen LogP contribution is 2.52. The summed E-state index contributed by atoms with van der Waals surface area (Å²) in [6.07, 6.45) is 8.09. The van der Waals surface area contributed by atoms with Crippen molar-refractivity contribution in [1.29, 1.82) is 0 Å². The van der Waals surface area contributed by atoms with Crippen LogP contribution >= 0.6 is 0 Å². The van der Waals surface area contributed by atoms with Gasteiger partial charge in [-0.05, 0) is 35.7 Å². The largest absolute Gasteiger partial charge is 0.329 e. The molecule has 2 atom stereocenters. The quantitative estimate of drug-likeness (QED) is 0.835. The van der Waals surface area contributed by atoms with E-state index in [0.29, 0.717) is 10.8 Å². The van der Waals surface area contributed by atoms with E-state index < -0.39 is 0 Å². The van der Waals surface area contributed by atoms with Crippen molar-refractivity contribution >= 4 is 0 Å². The third-order valence-electron chi connectivity index (χ3n) is 5.88. The Labute approximate surface area is 145 Å². The minimum atomic E-state index is 0.483. The van der Waals surface area contributed by atoms with Gasteiger partial charge in [0.05, 0.1) is 12.0 Å². The van der Waals surface area contributed by atoms with E-state index in [0.717, 1.165) is 19.1 Å². The van der Waals surface area contributed by atoms with E-state index in [2.05, 4.69) is 71.8 Å². The predicted octanol–water partition coefficient (Wildman–Crippen LogP) is 4.33. The fraction of sp³-hybridized carbons (Fsp3) is 0.571. The van der Waals surface area contributed by atoms with Crippen LogP contribution in [0.3, 0.4) is 0 Å². The maximum absolute atomic E-state index is 4.43. The van der Waals surface area contributed by atoms with Crippen LogP contribution in [0.5, 0.6) is 0 Å². The molecule has 24 heavy (non-hydrogen) atoms. The van der Waals surface area contributed by atoms with E-state index in [1.54, 1.807) is 0 Å². The molecule has 0 amide bonds. The van der Waals surface area contributed by atoms with Crippen molar-refractivity contribution in [2.75, 3.05) is 6.54 Å². The summed E-state index contributed by atoms with van der Waals surface area (Å²) in [5.41, 5.74) is 3.66. The van der Waals surface area contributed by atoms with Gasteiger partial charge in [-0.2, -0.15) is 0 Å². The average molecular weight is 323 g/mol. The summed E-state index contributed by atoms with van der Waals surface area (Å²) in [4.78, 5) is 7.14. The third-order valence-corrected chi connectivity index (χ3v) is 5.88. The van der Waals surface area contributed by atoms with Gasteiger partial charge in [-0.3, -0.25) is 4.90 Å². The molecule has 2 bridgehead atoms. The molecule has 0 N–H and O–H groups in total. The number of benzene rings is 1. The van der Waals surface area contributed by atoms with Crippen LogP contribution in [0, 0.1) is 10.8 Å². The number of rotatable bonds is 4. The van der Waals surface area contributed by atoms with Crippen LogP contribution in [-0.2, 0) is 13.1 Å². The van der Waals surface area contributed by atoms with E-state index in [-0.39, 0.29) is 0 Å². The van der Waals surface area contributed by atoms with Crippen LogP contribution in [0.1, 0.15) is 51.3 Å².